The van der Waals surface area contributed by atoms with Crippen molar-refractivity contribution in [2.75, 3.05) is 6.61 Å². The summed E-state index contributed by atoms with van der Waals surface area (Å²) in [7, 11) is 0. The van der Waals surface area contributed by atoms with Crippen molar-refractivity contribution in [1.82, 2.24) is 15.0 Å². The number of aromatic hydroxyl groups is 1. The summed E-state index contributed by atoms with van der Waals surface area (Å²) in [5.74, 6) is 0.986. The van der Waals surface area contributed by atoms with Crippen molar-refractivity contribution in [2.45, 2.75) is 58.8 Å². The second kappa shape index (κ2) is 9.40. The van der Waals surface area contributed by atoms with Crippen LogP contribution >= 0.6 is 0 Å². The van der Waals surface area contributed by atoms with E-state index in [1.165, 1.54) is 36.9 Å². The van der Waals surface area contributed by atoms with Gasteiger partial charge in [0, 0.05) is 6.07 Å². The minimum atomic E-state index is 0.212. The molecule has 5 nitrogen and oxygen atoms in total. The summed E-state index contributed by atoms with van der Waals surface area (Å²) in [6.45, 7) is 4.80. The molecule has 144 valence electrons. The van der Waals surface area contributed by atoms with Crippen molar-refractivity contribution in [3.05, 3.63) is 42.0 Å². The quantitative estimate of drug-likeness (QED) is 0.486. The summed E-state index contributed by atoms with van der Waals surface area (Å²) < 4.78 is 5.51. The summed E-state index contributed by atoms with van der Waals surface area (Å²) in [5.41, 5.74) is 3.27. The molecule has 0 aliphatic carbocycles. The van der Waals surface area contributed by atoms with E-state index < -0.39 is 0 Å². The number of hydrogen-bond acceptors (Lipinski definition) is 4. The van der Waals surface area contributed by atoms with Gasteiger partial charge in [-0.05, 0) is 49.6 Å². The maximum Gasteiger partial charge on any atom is 0.143 e. The molecule has 0 amide bonds. The number of phenols is 1. The zero-order chi connectivity index (χ0) is 19.1. The number of aryl methyl sites for hydroxylation is 1. The van der Waals surface area contributed by atoms with Crippen molar-refractivity contribution < 1.29 is 9.84 Å². The van der Waals surface area contributed by atoms with Crippen LogP contribution in [0.2, 0.25) is 0 Å². The first-order valence-corrected chi connectivity index (χ1v) is 10.0. The number of benzene rings is 2. The molecule has 27 heavy (non-hydrogen) atoms. The van der Waals surface area contributed by atoms with Crippen molar-refractivity contribution in [2.24, 2.45) is 0 Å². The largest absolute Gasteiger partial charge is 0.506 e. The lowest BCUT2D eigenvalue weighted by Crippen LogP contribution is -1.99. The first-order chi connectivity index (χ1) is 13.2. The van der Waals surface area contributed by atoms with Gasteiger partial charge in [0.05, 0.1) is 6.61 Å². The van der Waals surface area contributed by atoms with Crippen LogP contribution < -0.4 is 4.74 Å². The van der Waals surface area contributed by atoms with Gasteiger partial charge in [-0.25, -0.2) is 0 Å². The predicted molar refractivity (Wildman–Crippen MR) is 109 cm³/mol. The van der Waals surface area contributed by atoms with E-state index in [0.29, 0.717) is 12.3 Å². The van der Waals surface area contributed by atoms with Crippen molar-refractivity contribution in [3.8, 4) is 17.2 Å². The number of hydrogen-bond donors (Lipinski definition) is 1. The summed E-state index contributed by atoms with van der Waals surface area (Å²) in [6.07, 6.45) is 8.62. The van der Waals surface area contributed by atoms with Gasteiger partial charge >= 0.3 is 0 Å². The van der Waals surface area contributed by atoms with Gasteiger partial charge in [-0.2, -0.15) is 0 Å². The number of phenolic OH excluding ortho intramolecular Hbond substituents is 1. The fraction of sp³-hybridized carbons (Fsp3) is 0.455. The lowest BCUT2D eigenvalue weighted by atomic mass is 10.0. The standard InChI is InChI=1S/C22H29N3O2/c1-3-5-6-7-8-9-10-17-11-14-21(22(26)15-17)25-23-19-13-12-18(27-4-2)16-20(19)24-25/h11-16,26H,3-10H2,1-2H3. The Labute approximate surface area is 161 Å². The lowest BCUT2D eigenvalue weighted by molar-refractivity contribution is 0.340. The Hall–Kier alpha value is -2.56. The van der Waals surface area contributed by atoms with Crippen LogP contribution in [0.3, 0.4) is 0 Å². The Morgan fingerprint density at radius 2 is 1.67 bits per heavy atom. The minimum Gasteiger partial charge on any atom is -0.506 e. The number of fused-ring (bicyclic) bond motifs is 1. The molecule has 0 bridgehead atoms. The van der Waals surface area contributed by atoms with Gasteiger partial charge in [0.25, 0.3) is 0 Å². The van der Waals surface area contributed by atoms with Gasteiger partial charge in [0.2, 0.25) is 0 Å². The summed E-state index contributed by atoms with van der Waals surface area (Å²) in [4.78, 5) is 1.49. The zero-order valence-electron chi connectivity index (χ0n) is 16.3. The molecule has 0 atom stereocenters. The van der Waals surface area contributed by atoms with Gasteiger partial charge in [-0.15, -0.1) is 15.0 Å². The Morgan fingerprint density at radius 3 is 2.44 bits per heavy atom. The molecule has 1 N–H and O–H groups in total. The van der Waals surface area contributed by atoms with E-state index in [0.717, 1.165) is 35.2 Å². The van der Waals surface area contributed by atoms with Gasteiger partial charge in [-0.3, -0.25) is 0 Å². The number of rotatable bonds is 10. The van der Waals surface area contributed by atoms with Crippen molar-refractivity contribution in [3.63, 3.8) is 0 Å². The normalized spacial score (nSPS) is 11.2. The Morgan fingerprint density at radius 1 is 0.889 bits per heavy atom. The van der Waals surface area contributed by atoms with E-state index in [4.69, 9.17) is 4.74 Å². The average molecular weight is 367 g/mol. The molecule has 2 aromatic carbocycles. The molecule has 0 unspecified atom stereocenters. The van der Waals surface area contributed by atoms with Crippen LogP contribution in [-0.4, -0.2) is 26.7 Å². The van der Waals surface area contributed by atoms with Crippen LogP contribution in [-0.2, 0) is 6.42 Å². The molecule has 3 rings (SSSR count). The zero-order valence-corrected chi connectivity index (χ0v) is 16.3. The molecule has 0 aliphatic rings. The molecule has 1 heterocycles. The summed E-state index contributed by atoms with van der Waals surface area (Å²) >= 11 is 0. The predicted octanol–water partition coefficient (Wildman–Crippen LogP) is 5.43. The average Bonchev–Trinajstić information content (AvgIpc) is 3.08. The topological polar surface area (TPSA) is 60.2 Å². The second-order valence-electron chi connectivity index (χ2n) is 6.91. The number of nitrogens with zero attached hydrogens (tertiary/aromatic N) is 3. The number of ether oxygens (including phenoxy) is 1. The van der Waals surface area contributed by atoms with Gasteiger partial charge in [0.15, 0.2) is 0 Å². The first kappa shape index (κ1) is 19.2. The highest BCUT2D eigenvalue weighted by Crippen LogP contribution is 2.25. The highest BCUT2D eigenvalue weighted by Gasteiger charge is 2.10. The van der Waals surface area contributed by atoms with Crippen LogP contribution in [0.4, 0.5) is 0 Å². The highest BCUT2D eigenvalue weighted by atomic mass is 16.5. The molecular weight excluding hydrogens is 338 g/mol. The highest BCUT2D eigenvalue weighted by molar-refractivity contribution is 5.75. The third-order valence-corrected chi connectivity index (χ3v) is 4.74. The second-order valence-corrected chi connectivity index (χ2v) is 6.91. The van der Waals surface area contributed by atoms with Crippen LogP contribution in [0.25, 0.3) is 16.7 Å². The van der Waals surface area contributed by atoms with Crippen LogP contribution in [0.15, 0.2) is 36.4 Å². The Bertz CT molecular complexity index is 873. The minimum absolute atomic E-state index is 0.212. The van der Waals surface area contributed by atoms with Crippen LogP contribution in [0.5, 0.6) is 11.5 Å². The summed E-state index contributed by atoms with van der Waals surface area (Å²) in [5, 5.41) is 19.4. The number of unbranched alkanes of at least 4 members (excludes halogenated alkanes) is 5. The van der Waals surface area contributed by atoms with Gasteiger partial charge < -0.3 is 9.84 Å². The molecule has 0 fully saturated rings. The maximum absolute atomic E-state index is 10.5. The smallest absolute Gasteiger partial charge is 0.143 e. The fourth-order valence-electron chi connectivity index (χ4n) is 3.26. The SMILES string of the molecule is CCCCCCCCc1ccc(-n2nc3ccc(OCC)cc3n2)c(O)c1. The van der Waals surface area contributed by atoms with Crippen LogP contribution in [0, 0.1) is 0 Å². The maximum atomic E-state index is 10.5. The molecule has 5 heteroatoms. The molecule has 3 aromatic rings. The molecule has 1 aromatic heterocycles. The molecular formula is C22H29N3O2. The number of aromatic nitrogens is 3. The van der Waals surface area contributed by atoms with Crippen molar-refractivity contribution >= 4 is 11.0 Å². The molecule has 0 spiro atoms. The van der Waals surface area contributed by atoms with Crippen LogP contribution in [0.1, 0.15) is 57.9 Å². The van der Waals surface area contributed by atoms with Gasteiger partial charge in [0.1, 0.15) is 28.2 Å². The first-order valence-electron chi connectivity index (χ1n) is 10.0. The van der Waals surface area contributed by atoms with E-state index in [-0.39, 0.29) is 5.75 Å². The fourth-order valence-corrected chi connectivity index (χ4v) is 3.26. The summed E-state index contributed by atoms with van der Waals surface area (Å²) in [6, 6.07) is 11.4. The van der Waals surface area contributed by atoms with E-state index >= 15 is 0 Å². The third-order valence-electron chi connectivity index (χ3n) is 4.74. The molecule has 0 saturated carbocycles. The van der Waals surface area contributed by atoms with E-state index in [1.807, 2.05) is 37.3 Å². The monoisotopic (exact) mass is 367 g/mol. The lowest BCUT2D eigenvalue weighted by Gasteiger charge is -2.06. The molecule has 0 radical (unpaired) electrons. The van der Waals surface area contributed by atoms with E-state index in [2.05, 4.69) is 23.2 Å². The van der Waals surface area contributed by atoms with Crippen molar-refractivity contribution in [1.29, 1.82) is 0 Å². The van der Waals surface area contributed by atoms with Gasteiger partial charge in [-0.1, -0.05) is 45.1 Å². The third kappa shape index (κ3) is 5.00. The Balaban J connectivity index is 1.67. The van der Waals surface area contributed by atoms with E-state index in [1.54, 1.807) is 0 Å². The Kier molecular flexibility index (Phi) is 6.69. The molecule has 0 aliphatic heterocycles. The van der Waals surface area contributed by atoms with E-state index in [9.17, 15) is 5.11 Å². The molecule has 0 saturated heterocycles.